The van der Waals surface area contributed by atoms with Gasteiger partial charge in [0.05, 0.1) is 0 Å². The Morgan fingerprint density at radius 1 is 1.36 bits per heavy atom. The Hall–Kier alpha value is -0.200. The summed E-state index contributed by atoms with van der Waals surface area (Å²) in [5.74, 6) is 0. The van der Waals surface area contributed by atoms with E-state index in [4.69, 9.17) is 0 Å². The standard InChI is InChI=1S/C8H13BrN4S/c9-7-11-12-8(14-7)10-3-6-13-4-1-2-5-13/h1-6H2,(H,10,12). The van der Waals surface area contributed by atoms with Crippen LogP contribution in [-0.4, -0.2) is 41.3 Å². The molecule has 0 unspecified atom stereocenters. The van der Waals surface area contributed by atoms with Crippen LogP contribution in [0.25, 0.3) is 0 Å². The quantitative estimate of drug-likeness (QED) is 0.911. The van der Waals surface area contributed by atoms with Gasteiger partial charge in [-0.05, 0) is 41.9 Å². The van der Waals surface area contributed by atoms with Crippen molar-refractivity contribution in [2.75, 3.05) is 31.5 Å². The Labute approximate surface area is 95.8 Å². The second kappa shape index (κ2) is 5.04. The third kappa shape index (κ3) is 2.90. The molecule has 2 rings (SSSR count). The van der Waals surface area contributed by atoms with Crippen molar-refractivity contribution < 1.29 is 0 Å². The molecular formula is C8H13BrN4S. The maximum absolute atomic E-state index is 3.97. The molecule has 0 bridgehead atoms. The van der Waals surface area contributed by atoms with Gasteiger partial charge < -0.3 is 10.2 Å². The molecule has 78 valence electrons. The van der Waals surface area contributed by atoms with Gasteiger partial charge in [-0.3, -0.25) is 0 Å². The first kappa shape index (κ1) is 10.3. The summed E-state index contributed by atoms with van der Waals surface area (Å²) in [6.07, 6.45) is 2.70. The van der Waals surface area contributed by atoms with Crippen molar-refractivity contribution >= 4 is 32.4 Å². The monoisotopic (exact) mass is 276 g/mol. The Morgan fingerprint density at radius 3 is 2.79 bits per heavy atom. The van der Waals surface area contributed by atoms with Gasteiger partial charge in [-0.1, -0.05) is 11.3 Å². The van der Waals surface area contributed by atoms with Crippen LogP contribution >= 0.6 is 27.3 Å². The van der Waals surface area contributed by atoms with Crippen molar-refractivity contribution in [2.24, 2.45) is 0 Å². The minimum absolute atomic E-state index is 0.834. The lowest BCUT2D eigenvalue weighted by atomic mass is 10.4. The summed E-state index contributed by atoms with van der Waals surface area (Å²) in [6, 6.07) is 0. The molecule has 14 heavy (non-hydrogen) atoms. The van der Waals surface area contributed by atoms with Crippen LogP contribution in [0.15, 0.2) is 3.92 Å². The molecule has 6 heteroatoms. The van der Waals surface area contributed by atoms with Crippen molar-refractivity contribution in [3.05, 3.63) is 3.92 Å². The minimum atomic E-state index is 0.834. The maximum Gasteiger partial charge on any atom is 0.206 e. The maximum atomic E-state index is 3.97. The van der Waals surface area contributed by atoms with Gasteiger partial charge in [0, 0.05) is 13.1 Å². The zero-order valence-electron chi connectivity index (χ0n) is 7.87. The van der Waals surface area contributed by atoms with E-state index in [9.17, 15) is 0 Å². The summed E-state index contributed by atoms with van der Waals surface area (Å²) < 4.78 is 0.834. The molecule has 0 aliphatic carbocycles. The van der Waals surface area contributed by atoms with Crippen LogP contribution in [0.3, 0.4) is 0 Å². The van der Waals surface area contributed by atoms with Crippen molar-refractivity contribution in [1.82, 2.24) is 15.1 Å². The van der Waals surface area contributed by atoms with Gasteiger partial charge >= 0.3 is 0 Å². The second-order valence-electron chi connectivity index (χ2n) is 3.34. The largest absolute Gasteiger partial charge is 0.359 e. The van der Waals surface area contributed by atoms with Crippen LogP contribution < -0.4 is 5.32 Å². The lowest BCUT2D eigenvalue weighted by Crippen LogP contribution is -2.25. The van der Waals surface area contributed by atoms with E-state index in [1.807, 2.05) is 0 Å². The van der Waals surface area contributed by atoms with Crippen LogP contribution in [0.2, 0.25) is 0 Å². The Bertz CT molecular complexity index is 285. The number of nitrogens with one attached hydrogen (secondary N) is 1. The van der Waals surface area contributed by atoms with E-state index in [2.05, 4.69) is 36.3 Å². The third-order valence-electron chi connectivity index (χ3n) is 2.30. The van der Waals surface area contributed by atoms with Gasteiger partial charge in [0.15, 0.2) is 3.92 Å². The predicted molar refractivity (Wildman–Crippen MR) is 61.8 cm³/mol. The number of hydrogen-bond donors (Lipinski definition) is 1. The van der Waals surface area contributed by atoms with Crippen LogP contribution in [0.5, 0.6) is 0 Å². The first-order valence-electron chi connectivity index (χ1n) is 4.80. The zero-order valence-corrected chi connectivity index (χ0v) is 10.3. The summed E-state index contributed by atoms with van der Waals surface area (Å²) in [4.78, 5) is 2.48. The molecule has 1 aromatic rings. The summed E-state index contributed by atoms with van der Waals surface area (Å²) in [6.45, 7) is 4.57. The van der Waals surface area contributed by atoms with E-state index >= 15 is 0 Å². The van der Waals surface area contributed by atoms with Gasteiger partial charge in [-0.15, -0.1) is 10.2 Å². The fraction of sp³-hybridized carbons (Fsp3) is 0.750. The minimum Gasteiger partial charge on any atom is -0.359 e. The Kier molecular flexibility index (Phi) is 3.72. The predicted octanol–water partition coefficient (Wildman–Crippen LogP) is 1.81. The van der Waals surface area contributed by atoms with Crippen molar-refractivity contribution in [3.63, 3.8) is 0 Å². The smallest absolute Gasteiger partial charge is 0.206 e. The van der Waals surface area contributed by atoms with E-state index in [1.165, 1.54) is 37.3 Å². The molecule has 2 heterocycles. The highest BCUT2D eigenvalue weighted by atomic mass is 79.9. The fourth-order valence-electron chi connectivity index (χ4n) is 1.60. The van der Waals surface area contributed by atoms with Gasteiger partial charge in [0.25, 0.3) is 0 Å². The van der Waals surface area contributed by atoms with Gasteiger partial charge in [0.2, 0.25) is 5.13 Å². The molecule has 1 N–H and O–H groups in total. The highest BCUT2D eigenvalue weighted by Crippen LogP contribution is 2.19. The molecular weight excluding hydrogens is 264 g/mol. The highest BCUT2D eigenvalue weighted by Gasteiger charge is 2.10. The van der Waals surface area contributed by atoms with Crippen LogP contribution in [0, 0.1) is 0 Å². The number of rotatable bonds is 4. The normalized spacial score (nSPS) is 17.5. The van der Waals surface area contributed by atoms with Crippen LogP contribution in [-0.2, 0) is 0 Å². The number of halogens is 1. The molecule has 4 nitrogen and oxygen atoms in total. The molecule has 1 aliphatic rings. The van der Waals surface area contributed by atoms with E-state index in [0.717, 1.165) is 22.1 Å². The van der Waals surface area contributed by atoms with Crippen molar-refractivity contribution in [1.29, 1.82) is 0 Å². The van der Waals surface area contributed by atoms with E-state index in [1.54, 1.807) is 0 Å². The number of hydrogen-bond acceptors (Lipinski definition) is 5. The molecule has 0 radical (unpaired) electrons. The van der Waals surface area contributed by atoms with Crippen LogP contribution in [0.1, 0.15) is 12.8 Å². The summed E-state index contributed by atoms with van der Waals surface area (Å²) in [5, 5.41) is 12.0. The number of aromatic nitrogens is 2. The number of anilines is 1. The molecule has 1 aliphatic heterocycles. The fourth-order valence-corrected chi connectivity index (χ4v) is 2.64. The summed E-state index contributed by atoms with van der Waals surface area (Å²) in [5.41, 5.74) is 0. The van der Waals surface area contributed by atoms with Crippen molar-refractivity contribution in [3.8, 4) is 0 Å². The Morgan fingerprint density at radius 2 is 2.14 bits per heavy atom. The molecule has 0 atom stereocenters. The van der Waals surface area contributed by atoms with Crippen LogP contribution in [0.4, 0.5) is 5.13 Å². The van der Waals surface area contributed by atoms with E-state index in [0.29, 0.717) is 0 Å². The molecule has 1 saturated heterocycles. The first-order valence-corrected chi connectivity index (χ1v) is 6.41. The SMILES string of the molecule is Brc1nnc(NCCN2CCCC2)s1. The average molecular weight is 277 g/mol. The summed E-state index contributed by atoms with van der Waals surface area (Å²) >= 11 is 4.82. The lowest BCUT2D eigenvalue weighted by Gasteiger charge is -2.13. The third-order valence-corrected chi connectivity index (χ3v) is 3.62. The number of nitrogens with zero attached hydrogens (tertiary/aromatic N) is 3. The second-order valence-corrected chi connectivity index (χ2v) is 5.59. The molecule has 0 amide bonds. The highest BCUT2D eigenvalue weighted by molar-refractivity contribution is 9.11. The van der Waals surface area contributed by atoms with E-state index < -0.39 is 0 Å². The van der Waals surface area contributed by atoms with Gasteiger partial charge in [-0.2, -0.15) is 0 Å². The molecule has 0 aromatic carbocycles. The van der Waals surface area contributed by atoms with Gasteiger partial charge in [0.1, 0.15) is 0 Å². The van der Waals surface area contributed by atoms with Gasteiger partial charge in [-0.25, -0.2) is 0 Å². The number of likely N-dealkylation sites (tertiary alicyclic amines) is 1. The zero-order chi connectivity index (χ0) is 9.80. The summed E-state index contributed by atoms with van der Waals surface area (Å²) in [7, 11) is 0. The molecule has 0 spiro atoms. The first-order chi connectivity index (χ1) is 6.84. The molecule has 1 aromatic heterocycles. The van der Waals surface area contributed by atoms with E-state index in [-0.39, 0.29) is 0 Å². The molecule has 0 saturated carbocycles. The Balaban J connectivity index is 1.67. The average Bonchev–Trinajstić information content (AvgIpc) is 2.77. The topological polar surface area (TPSA) is 41.1 Å². The lowest BCUT2D eigenvalue weighted by molar-refractivity contribution is 0.352. The molecule has 1 fully saturated rings. The van der Waals surface area contributed by atoms with Crippen molar-refractivity contribution in [2.45, 2.75) is 12.8 Å².